The monoisotopic (exact) mass is 268 g/mol. The van der Waals surface area contributed by atoms with Crippen LogP contribution in [0.1, 0.15) is 13.8 Å². The van der Waals surface area contributed by atoms with Crippen molar-refractivity contribution in [1.82, 2.24) is 10.3 Å². The van der Waals surface area contributed by atoms with E-state index in [-0.39, 0.29) is 17.7 Å². The number of carboxylic acid groups (broad SMARTS) is 1. The number of thioether (sulfide) groups is 1. The molecule has 0 aliphatic carbocycles. The van der Waals surface area contributed by atoms with Gasteiger partial charge in [-0.2, -0.15) is 0 Å². The van der Waals surface area contributed by atoms with Crippen LogP contribution in [0.3, 0.4) is 0 Å². The molecule has 1 amide bonds. The third kappa shape index (κ3) is 4.75. The van der Waals surface area contributed by atoms with Crippen molar-refractivity contribution in [2.24, 2.45) is 5.92 Å². The van der Waals surface area contributed by atoms with E-state index >= 15 is 0 Å². The predicted octanol–water partition coefficient (Wildman–Crippen LogP) is 1.40. The number of pyridine rings is 1. The van der Waals surface area contributed by atoms with Gasteiger partial charge in [0.15, 0.2) is 0 Å². The Hall–Kier alpha value is -1.56. The SMILES string of the molecule is CC(CNC(=O)C(C)Sc1ccccn1)C(=O)O. The molecule has 0 saturated heterocycles. The second kappa shape index (κ2) is 7.00. The van der Waals surface area contributed by atoms with Crippen molar-refractivity contribution in [3.63, 3.8) is 0 Å². The van der Waals surface area contributed by atoms with Gasteiger partial charge in [-0.1, -0.05) is 24.8 Å². The summed E-state index contributed by atoms with van der Waals surface area (Å²) >= 11 is 1.34. The van der Waals surface area contributed by atoms with E-state index in [4.69, 9.17) is 5.11 Å². The van der Waals surface area contributed by atoms with Crippen LogP contribution in [0.5, 0.6) is 0 Å². The lowest BCUT2D eigenvalue weighted by Gasteiger charge is -2.12. The summed E-state index contributed by atoms with van der Waals surface area (Å²) in [4.78, 5) is 26.4. The molecular weight excluding hydrogens is 252 g/mol. The molecule has 0 aliphatic heterocycles. The van der Waals surface area contributed by atoms with Crippen molar-refractivity contribution in [1.29, 1.82) is 0 Å². The molecule has 0 spiro atoms. The van der Waals surface area contributed by atoms with Crippen LogP contribution in [0.4, 0.5) is 0 Å². The summed E-state index contributed by atoms with van der Waals surface area (Å²) in [5.74, 6) is -1.68. The van der Waals surface area contributed by atoms with Gasteiger partial charge in [-0.05, 0) is 19.1 Å². The number of aromatic nitrogens is 1. The molecule has 2 atom stereocenters. The second-order valence-electron chi connectivity index (χ2n) is 3.91. The Morgan fingerprint density at radius 1 is 1.44 bits per heavy atom. The molecule has 0 fully saturated rings. The highest BCUT2D eigenvalue weighted by atomic mass is 32.2. The Bertz CT molecular complexity index is 411. The highest BCUT2D eigenvalue weighted by molar-refractivity contribution is 8.00. The first kappa shape index (κ1) is 14.5. The molecule has 18 heavy (non-hydrogen) atoms. The molecule has 2 N–H and O–H groups in total. The quantitative estimate of drug-likeness (QED) is 0.762. The third-order valence-corrected chi connectivity index (χ3v) is 3.36. The van der Waals surface area contributed by atoms with Crippen molar-refractivity contribution >= 4 is 23.6 Å². The summed E-state index contributed by atoms with van der Waals surface area (Å²) in [6, 6.07) is 5.49. The van der Waals surface area contributed by atoms with E-state index in [9.17, 15) is 9.59 Å². The minimum Gasteiger partial charge on any atom is -0.481 e. The molecule has 0 aliphatic rings. The Balaban J connectivity index is 2.40. The maximum atomic E-state index is 11.7. The van der Waals surface area contributed by atoms with Crippen LogP contribution in [0.15, 0.2) is 29.4 Å². The molecule has 0 bridgehead atoms. The first-order valence-electron chi connectivity index (χ1n) is 5.59. The van der Waals surface area contributed by atoms with Gasteiger partial charge in [0.1, 0.15) is 0 Å². The molecule has 5 nitrogen and oxygen atoms in total. The summed E-state index contributed by atoms with van der Waals surface area (Å²) in [5.41, 5.74) is 0. The highest BCUT2D eigenvalue weighted by Gasteiger charge is 2.17. The van der Waals surface area contributed by atoms with E-state index in [2.05, 4.69) is 10.3 Å². The maximum absolute atomic E-state index is 11.7. The molecule has 1 heterocycles. The van der Waals surface area contributed by atoms with E-state index < -0.39 is 11.9 Å². The zero-order chi connectivity index (χ0) is 13.5. The normalized spacial score (nSPS) is 13.7. The lowest BCUT2D eigenvalue weighted by molar-refractivity contribution is -0.141. The number of nitrogens with zero attached hydrogens (tertiary/aromatic N) is 1. The van der Waals surface area contributed by atoms with Gasteiger partial charge in [-0.15, -0.1) is 0 Å². The first-order valence-corrected chi connectivity index (χ1v) is 6.47. The van der Waals surface area contributed by atoms with Crippen molar-refractivity contribution in [2.75, 3.05) is 6.54 Å². The average molecular weight is 268 g/mol. The van der Waals surface area contributed by atoms with Crippen LogP contribution in [-0.2, 0) is 9.59 Å². The van der Waals surface area contributed by atoms with Gasteiger partial charge in [-0.25, -0.2) is 4.98 Å². The average Bonchev–Trinajstić information content (AvgIpc) is 2.36. The van der Waals surface area contributed by atoms with Gasteiger partial charge in [0.2, 0.25) is 5.91 Å². The molecule has 1 aromatic heterocycles. The third-order valence-electron chi connectivity index (χ3n) is 2.31. The van der Waals surface area contributed by atoms with Crippen LogP contribution in [-0.4, -0.2) is 33.8 Å². The Morgan fingerprint density at radius 2 is 2.17 bits per heavy atom. The molecule has 0 saturated carbocycles. The molecule has 2 unspecified atom stereocenters. The number of carboxylic acids is 1. The number of nitrogens with one attached hydrogen (secondary N) is 1. The summed E-state index contributed by atoms with van der Waals surface area (Å²) in [6.45, 7) is 3.46. The first-order chi connectivity index (χ1) is 8.50. The molecule has 0 aromatic carbocycles. The van der Waals surface area contributed by atoms with Gasteiger partial charge in [0, 0.05) is 12.7 Å². The molecule has 0 radical (unpaired) electrons. The van der Waals surface area contributed by atoms with Crippen molar-refractivity contribution < 1.29 is 14.7 Å². The molecule has 1 aromatic rings. The summed E-state index contributed by atoms with van der Waals surface area (Å²) < 4.78 is 0. The van der Waals surface area contributed by atoms with Crippen LogP contribution in [0, 0.1) is 5.92 Å². The number of hydrogen-bond acceptors (Lipinski definition) is 4. The zero-order valence-corrected chi connectivity index (χ0v) is 11.1. The number of rotatable bonds is 6. The zero-order valence-electron chi connectivity index (χ0n) is 10.3. The predicted molar refractivity (Wildman–Crippen MR) is 69.4 cm³/mol. The summed E-state index contributed by atoms with van der Waals surface area (Å²) in [7, 11) is 0. The van der Waals surface area contributed by atoms with Gasteiger partial charge in [-0.3, -0.25) is 9.59 Å². The van der Waals surface area contributed by atoms with E-state index in [1.165, 1.54) is 11.8 Å². The van der Waals surface area contributed by atoms with Crippen LogP contribution >= 0.6 is 11.8 Å². The fraction of sp³-hybridized carbons (Fsp3) is 0.417. The van der Waals surface area contributed by atoms with Crippen molar-refractivity contribution in [2.45, 2.75) is 24.1 Å². The second-order valence-corrected chi connectivity index (χ2v) is 5.27. The smallest absolute Gasteiger partial charge is 0.308 e. The minimum atomic E-state index is -0.916. The van der Waals surface area contributed by atoms with Gasteiger partial charge in [0.05, 0.1) is 16.2 Å². The van der Waals surface area contributed by atoms with Crippen LogP contribution in [0.2, 0.25) is 0 Å². The number of aliphatic carboxylic acids is 1. The topological polar surface area (TPSA) is 79.3 Å². The Labute approximate surface area is 110 Å². The molecule has 1 rings (SSSR count). The lowest BCUT2D eigenvalue weighted by Crippen LogP contribution is -2.36. The summed E-state index contributed by atoms with van der Waals surface area (Å²) in [5, 5.41) is 11.8. The number of hydrogen-bond donors (Lipinski definition) is 2. The maximum Gasteiger partial charge on any atom is 0.308 e. The van der Waals surface area contributed by atoms with Gasteiger partial charge >= 0.3 is 5.97 Å². The minimum absolute atomic E-state index is 0.140. The van der Waals surface area contributed by atoms with Gasteiger partial charge < -0.3 is 10.4 Å². The number of carbonyl (C=O) groups excluding carboxylic acids is 1. The van der Waals surface area contributed by atoms with Crippen molar-refractivity contribution in [3.05, 3.63) is 24.4 Å². The van der Waals surface area contributed by atoms with Crippen molar-refractivity contribution in [3.8, 4) is 0 Å². The van der Waals surface area contributed by atoms with E-state index in [0.29, 0.717) is 0 Å². The lowest BCUT2D eigenvalue weighted by atomic mass is 10.2. The molecular formula is C12H16N2O3S. The molecule has 6 heteroatoms. The number of amides is 1. The fourth-order valence-electron chi connectivity index (χ4n) is 1.14. The van der Waals surface area contributed by atoms with Crippen LogP contribution in [0.25, 0.3) is 0 Å². The standard InChI is InChI=1S/C12H16N2O3S/c1-8(12(16)17)7-14-11(15)9(2)18-10-5-3-4-6-13-10/h3-6,8-9H,7H2,1-2H3,(H,14,15)(H,16,17). The largest absolute Gasteiger partial charge is 0.481 e. The highest BCUT2D eigenvalue weighted by Crippen LogP contribution is 2.20. The molecule has 98 valence electrons. The fourth-order valence-corrected chi connectivity index (χ4v) is 1.97. The Kier molecular flexibility index (Phi) is 5.64. The van der Waals surface area contributed by atoms with E-state index in [1.807, 2.05) is 18.2 Å². The number of carbonyl (C=O) groups is 2. The van der Waals surface area contributed by atoms with E-state index in [0.717, 1.165) is 5.03 Å². The Morgan fingerprint density at radius 3 is 2.72 bits per heavy atom. The van der Waals surface area contributed by atoms with Gasteiger partial charge in [0.25, 0.3) is 0 Å². The van der Waals surface area contributed by atoms with Crippen LogP contribution < -0.4 is 5.32 Å². The summed E-state index contributed by atoms with van der Waals surface area (Å²) in [6.07, 6.45) is 1.67. The van der Waals surface area contributed by atoms with E-state index in [1.54, 1.807) is 20.0 Å².